The number of nitrogens with one attached hydrogen (secondary N) is 2. The quantitative estimate of drug-likeness (QED) is 0.528. The van der Waals surface area contributed by atoms with Gasteiger partial charge in [-0.3, -0.25) is 4.72 Å². The highest BCUT2D eigenvalue weighted by Gasteiger charge is 2.17. The van der Waals surface area contributed by atoms with Gasteiger partial charge in [0.15, 0.2) is 0 Å². The second-order valence-corrected chi connectivity index (χ2v) is 7.92. The maximum absolute atomic E-state index is 11.9. The molecule has 0 atom stereocenters. The molecule has 2 N–H and O–H groups in total. The van der Waals surface area contributed by atoms with E-state index in [-0.39, 0.29) is 12.4 Å². The van der Waals surface area contributed by atoms with Gasteiger partial charge < -0.3 is 9.30 Å². The molecule has 0 aliphatic rings. The van der Waals surface area contributed by atoms with Gasteiger partial charge in [0, 0.05) is 36.6 Å². The van der Waals surface area contributed by atoms with Gasteiger partial charge in [-0.25, -0.2) is 0 Å². The molecular formula is C21H25ClN4O3S. The number of fused-ring (bicyclic) bond motifs is 1. The first-order valence-electron chi connectivity index (χ1n) is 9.40. The van der Waals surface area contributed by atoms with Gasteiger partial charge in [-0.2, -0.15) is 18.4 Å². The Hall–Kier alpha value is -2.73. The molecule has 0 aliphatic heterocycles. The molecule has 0 saturated heterocycles. The highest BCUT2D eigenvalue weighted by Crippen LogP contribution is 2.34. The standard InChI is InChI=1S/C19H19ClN4O3S.C2H6/c1-24-18-11-15(27-2)7-8-16(18)17(12-21)19(24)13-3-5-14(6-4-13)23-28(25,26)22-10-9-20;1-2/h3-8,11,22-23H,9-10H2,1-2H3;1-2H3. The summed E-state index contributed by atoms with van der Waals surface area (Å²) in [7, 11) is -0.205. The molecule has 30 heavy (non-hydrogen) atoms. The van der Waals surface area contributed by atoms with Crippen LogP contribution >= 0.6 is 11.6 Å². The lowest BCUT2D eigenvalue weighted by Crippen LogP contribution is -2.31. The number of hydrogen-bond donors (Lipinski definition) is 2. The molecule has 2 aromatic carbocycles. The number of benzene rings is 2. The number of alkyl halides is 1. The summed E-state index contributed by atoms with van der Waals surface area (Å²) in [6, 6.07) is 14.7. The Morgan fingerprint density at radius 3 is 2.40 bits per heavy atom. The molecule has 0 aliphatic carbocycles. The van der Waals surface area contributed by atoms with Gasteiger partial charge in [0.05, 0.1) is 23.9 Å². The number of halogens is 1. The van der Waals surface area contributed by atoms with Crippen molar-refractivity contribution >= 4 is 38.4 Å². The number of methoxy groups -OCH3 is 1. The van der Waals surface area contributed by atoms with Gasteiger partial charge in [-0.1, -0.05) is 26.0 Å². The van der Waals surface area contributed by atoms with E-state index in [2.05, 4.69) is 15.5 Å². The van der Waals surface area contributed by atoms with Crippen LogP contribution in [0.25, 0.3) is 22.2 Å². The van der Waals surface area contributed by atoms with Gasteiger partial charge in [0.25, 0.3) is 10.2 Å². The summed E-state index contributed by atoms with van der Waals surface area (Å²) < 4.78 is 35.8. The number of rotatable bonds is 7. The third-order valence-electron chi connectivity index (χ3n) is 4.32. The summed E-state index contributed by atoms with van der Waals surface area (Å²) in [5.41, 5.74) is 3.38. The first kappa shape index (κ1) is 23.5. The van der Waals surface area contributed by atoms with Crippen LogP contribution in [0.3, 0.4) is 0 Å². The van der Waals surface area contributed by atoms with E-state index in [0.29, 0.717) is 17.0 Å². The maximum Gasteiger partial charge on any atom is 0.299 e. The molecule has 0 spiro atoms. The largest absolute Gasteiger partial charge is 0.497 e. The van der Waals surface area contributed by atoms with Crippen molar-refractivity contribution in [2.24, 2.45) is 7.05 Å². The lowest BCUT2D eigenvalue weighted by Gasteiger charge is -2.10. The van der Waals surface area contributed by atoms with E-state index in [1.807, 2.05) is 43.7 Å². The number of ether oxygens (including phenoxy) is 1. The Labute approximate surface area is 182 Å². The normalized spacial score (nSPS) is 10.8. The number of aromatic nitrogens is 1. The number of aryl methyl sites for hydroxylation is 1. The highest BCUT2D eigenvalue weighted by atomic mass is 35.5. The average molecular weight is 449 g/mol. The summed E-state index contributed by atoms with van der Waals surface area (Å²) in [4.78, 5) is 0. The monoisotopic (exact) mass is 448 g/mol. The predicted octanol–water partition coefficient (Wildman–Crippen LogP) is 4.24. The van der Waals surface area contributed by atoms with E-state index >= 15 is 0 Å². The first-order chi connectivity index (χ1) is 14.4. The minimum absolute atomic E-state index is 0.139. The molecular weight excluding hydrogens is 424 g/mol. The number of nitrogens with zero attached hydrogens (tertiary/aromatic N) is 2. The minimum atomic E-state index is -3.68. The van der Waals surface area contributed by atoms with Gasteiger partial charge in [-0.05, 0) is 29.8 Å². The van der Waals surface area contributed by atoms with Crippen molar-refractivity contribution in [1.29, 1.82) is 5.26 Å². The van der Waals surface area contributed by atoms with E-state index in [4.69, 9.17) is 16.3 Å². The van der Waals surface area contributed by atoms with Crippen LogP contribution in [0, 0.1) is 11.3 Å². The van der Waals surface area contributed by atoms with Crippen LogP contribution in [0.5, 0.6) is 5.75 Å². The Morgan fingerprint density at radius 1 is 1.17 bits per heavy atom. The van der Waals surface area contributed by atoms with E-state index < -0.39 is 10.2 Å². The Bertz CT molecular complexity index is 1150. The summed E-state index contributed by atoms with van der Waals surface area (Å²) >= 11 is 5.50. The number of anilines is 1. The van der Waals surface area contributed by atoms with Crippen LogP contribution in [0.4, 0.5) is 5.69 Å². The molecule has 0 amide bonds. The molecule has 0 unspecified atom stereocenters. The zero-order valence-electron chi connectivity index (χ0n) is 17.4. The van der Waals surface area contributed by atoms with Crippen LogP contribution in [-0.4, -0.2) is 32.5 Å². The minimum Gasteiger partial charge on any atom is -0.497 e. The molecule has 0 saturated carbocycles. The van der Waals surface area contributed by atoms with E-state index in [1.165, 1.54) is 0 Å². The predicted molar refractivity (Wildman–Crippen MR) is 122 cm³/mol. The molecule has 1 aromatic heterocycles. The fourth-order valence-corrected chi connectivity index (χ4v) is 4.15. The zero-order chi connectivity index (χ0) is 22.3. The third-order valence-corrected chi connectivity index (χ3v) is 5.59. The van der Waals surface area contributed by atoms with E-state index in [0.717, 1.165) is 22.2 Å². The van der Waals surface area contributed by atoms with Gasteiger partial charge >= 0.3 is 0 Å². The second kappa shape index (κ2) is 10.3. The van der Waals surface area contributed by atoms with Crippen molar-refractivity contribution in [1.82, 2.24) is 9.29 Å². The smallest absolute Gasteiger partial charge is 0.299 e. The molecule has 0 bridgehead atoms. The molecule has 9 heteroatoms. The second-order valence-electron chi connectivity index (χ2n) is 6.04. The van der Waals surface area contributed by atoms with Gasteiger partial charge in [-0.15, -0.1) is 11.6 Å². The van der Waals surface area contributed by atoms with Crippen LogP contribution in [0.15, 0.2) is 42.5 Å². The molecule has 3 aromatic rings. The molecule has 3 rings (SSSR count). The van der Waals surface area contributed by atoms with Crippen LogP contribution in [-0.2, 0) is 17.3 Å². The van der Waals surface area contributed by atoms with Crippen molar-refractivity contribution in [3.63, 3.8) is 0 Å². The molecule has 0 radical (unpaired) electrons. The molecule has 0 fully saturated rings. The summed E-state index contributed by atoms with van der Waals surface area (Å²) in [6.07, 6.45) is 0. The van der Waals surface area contributed by atoms with Crippen LogP contribution < -0.4 is 14.2 Å². The Balaban J connectivity index is 0.00000155. The topological polar surface area (TPSA) is 96.2 Å². The van der Waals surface area contributed by atoms with Crippen molar-refractivity contribution in [3.8, 4) is 23.1 Å². The van der Waals surface area contributed by atoms with Crippen molar-refractivity contribution < 1.29 is 13.2 Å². The Morgan fingerprint density at radius 2 is 1.83 bits per heavy atom. The van der Waals surface area contributed by atoms with Crippen molar-refractivity contribution in [3.05, 3.63) is 48.0 Å². The molecule has 160 valence electrons. The van der Waals surface area contributed by atoms with Gasteiger partial charge in [0.1, 0.15) is 11.8 Å². The SMILES string of the molecule is CC.COc1ccc2c(C#N)c(-c3ccc(NS(=O)(=O)NCCCl)cc3)n(C)c2c1. The summed E-state index contributed by atoms with van der Waals surface area (Å²) in [5.74, 6) is 0.890. The summed E-state index contributed by atoms with van der Waals surface area (Å²) in [6.45, 7) is 4.14. The highest BCUT2D eigenvalue weighted by molar-refractivity contribution is 7.90. The lowest BCUT2D eigenvalue weighted by molar-refractivity contribution is 0.415. The fraction of sp³-hybridized carbons (Fsp3) is 0.286. The molecule has 7 nitrogen and oxygen atoms in total. The van der Waals surface area contributed by atoms with Crippen LogP contribution in [0.1, 0.15) is 19.4 Å². The zero-order valence-corrected chi connectivity index (χ0v) is 18.9. The van der Waals surface area contributed by atoms with E-state index in [9.17, 15) is 13.7 Å². The number of hydrogen-bond acceptors (Lipinski definition) is 4. The van der Waals surface area contributed by atoms with Crippen LogP contribution in [0.2, 0.25) is 0 Å². The average Bonchev–Trinajstić information content (AvgIpc) is 3.05. The fourth-order valence-electron chi connectivity index (χ4n) is 3.05. The van der Waals surface area contributed by atoms with E-state index in [1.54, 1.807) is 31.4 Å². The van der Waals surface area contributed by atoms with Crippen molar-refractivity contribution in [2.45, 2.75) is 13.8 Å². The van der Waals surface area contributed by atoms with Crippen molar-refractivity contribution in [2.75, 3.05) is 24.3 Å². The molecule has 1 heterocycles. The third kappa shape index (κ3) is 5.05. The first-order valence-corrected chi connectivity index (χ1v) is 11.4. The number of nitriles is 1. The lowest BCUT2D eigenvalue weighted by atomic mass is 10.1. The maximum atomic E-state index is 11.9. The van der Waals surface area contributed by atoms with Gasteiger partial charge in [0.2, 0.25) is 0 Å². The Kier molecular flexibility index (Phi) is 8.12. The summed E-state index contributed by atoms with van der Waals surface area (Å²) in [5, 5.41) is 10.5.